The largest absolute Gasteiger partial charge is 0.416 e. The Kier molecular flexibility index (Phi) is 8.61. The van der Waals surface area contributed by atoms with Gasteiger partial charge in [0.1, 0.15) is 5.82 Å². The maximum atomic E-state index is 13.0. The summed E-state index contributed by atoms with van der Waals surface area (Å²) in [5.74, 6) is -0.0332. The van der Waals surface area contributed by atoms with E-state index >= 15 is 0 Å². The van der Waals surface area contributed by atoms with Crippen molar-refractivity contribution >= 4 is 17.4 Å². The van der Waals surface area contributed by atoms with Gasteiger partial charge in [0.05, 0.1) is 42.9 Å². The van der Waals surface area contributed by atoms with Crippen molar-refractivity contribution in [1.82, 2.24) is 14.9 Å². The fourth-order valence-electron chi connectivity index (χ4n) is 4.60. The molecule has 4 aromatic rings. The number of carbonyl (C=O) groups excluding carboxylic acids is 1. The summed E-state index contributed by atoms with van der Waals surface area (Å²) in [6.45, 7) is 6.24. The zero-order valence-corrected chi connectivity index (χ0v) is 22.5. The number of ether oxygens (including phenoxy) is 1. The molecule has 2 N–H and O–H groups in total. The highest BCUT2D eigenvalue weighted by molar-refractivity contribution is 6.04. The van der Waals surface area contributed by atoms with Crippen LogP contribution in [0.3, 0.4) is 0 Å². The van der Waals surface area contributed by atoms with Crippen LogP contribution in [0.5, 0.6) is 0 Å². The number of alkyl halides is 3. The lowest BCUT2D eigenvalue weighted by atomic mass is 10.1. The fraction of sp³-hybridized carbons (Fsp3) is 0.258. The normalized spacial score (nSPS) is 14.8. The molecule has 5 rings (SSSR count). The van der Waals surface area contributed by atoms with Crippen LogP contribution in [-0.2, 0) is 17.5 Å². The minimum Gasteiger partial charge on any atom is -0.379 e. The van der Waals surface area contributed by atoms with E-state index in [0.717, 1.165) is 61.8 Å². The van der Waals surface area contributed by atoms with Gasteiger partial charge in [-0.2, -0.15) is 13.2 Å². The van der Waals surface area contributed by atoms with Crippen molar-refractivity contribution in [3.63, 3.8) is 0 Å². The number of amides is 1. The maximum Gasteiger partial charge on any atom is 0.416 e. The third kappa shape index (κ3) is 7.47. The zero-order chi connectivity index (χ0) is 28.8. The first-order valence-electron chi connectivity index (χ1n) is 13.3. The average Bonchev–Trinajstić information content (AvgIpc) is 2.98. The quantitative estimate of drug-likeness (QED) is 0.259. The smallest absolute Gasteiger partial charge is 0.379 e. The molecule has 1 atom stereocenters. The molecule has 1 aliphatic rings. The third-order valence-electron chi connectivity index (χ3n) is 6.86. The number of morpholine rings is 1. The van der Waals surface area contributed by atoms with Crippen molar-refractivity contribution in [2.45, 2.75) is 25.7 Å². The molecule has 3 aromatic carbocycles. The lowest BCUT2D eigenvalue weighted by molar-refractivity contribution is -0.137. The number of nitrogens with one attached hydrogen (secondary N) is 2. The molecule has 0 bridgehead atoms. The van der Waals surface area contributed by atoms with Crippen LogP contribution in [0.25, 0.3) is 11.3 Å². The van der Waals surface area contributed by atoms with Crippen molar-refractivity contribution in [1.29, 1.82) is 0 Å². The van der Waals surface area contributed by atoms with Gasteiger partial charge in [-0.05, 0) is 48.4 Å². The van der Waals surface area contributed by atoms with E-state index in [1.807, 2.05) is 25.1 Å². The van der Waals surface area contributed by atoms with Gasteiger partial charge in [-0.15, -0.1) is 0 Å². The Balaban J connectivity index is 1.23. The highest BCUT2D eigenvalue weighted by Crippen LogP contribution is 2.30. The van der Waals surface area contributed by atoms with Crippen LogP contribution >= 0.6 is 0 Å². The Labute approximate surface area is 236 Å². The Morgan fingerprint density at radius 2 is 1.76 bits per heavy atom. The zero-order valence-electron chi connectivity index (χ0n) is 22.5. The van der Waals surface area contributed by atoms with E-state index in [-0.39, 0.29) is 11.6 Å². The lowest BCUT2D eigenvalue weighted by Crippen LogP contribution is -2.35. The van der Waals surface area contributed by atoms with E-state index in [1.165, 1.54) is 17.7 Å². The number of carbonyl (C=O) groups is 1. The van der Waals surface area contributed by atoms with Crippen molar-refractivity contribution in [2.75, 3.05) is 36.9 Å². The van der Waals surface area contributed by atoms with E-state index in [9.17, 15) is 18.0 Å². The monoisotopic (exact) mass is 561 g/mol. The maximum absolute atomic E-state index is 13.0. The van der Waals surface area contributed by atoms with Crippen LogP contribution in [0.4, 0.5) is 24.7 Å². The van der Waals surface area contributed by atoms with E-state index < -0.39 is 17.6 Å². The molecular formula is C31H30F3N5O2. The molecule has 1 aromatic heterocycles. The molecule has 1 aliphatic heterocycles. The van der Waals surface area contributed by atoms with E-state index in [1.54, 1.807) is 30.6 Å². The molecular weight excluding hydrogens is 531 g/mol. The summed E-state index contributed by atoms with van der Waals surface area (Å²) >= 11 is 0. The van der Waals surface area contributed by atoms with Gasteiger partial charge < -0.3 is 15.4 Å². The fourth-order valence-corrected chi connectivity index (χ4v) is 4.60. The number of aromatic nitrogens is 2. The van der Waals surface area contributed by atoms with E-state index in [0.29, 0.717) is 11.5 Å². The van der Waals surface area contributed by atoms with Gasteiger partial charge in [0.15, 0.2) is 0 Å². The van der Waals surface area contributed by atoms with Gasteiger partial charge in [0, 0.05) is 36.4 Å². The second-order valence-electron chi connectivity index (χ2n) is 9.90. The van der Waals surface area contributed by atoms with Gasteiger partial charge in [0.25, 0.3) is 5.91 Å². The van der Waals surface area contributed by atoms with Gasteiger partial charge >= 0.3 is 6.18 Å². The highest BCUT2D eigenvalue weighted by Gasteiger charge is 2.31. The van der Waals surface area contributed by atoms with Gasteiger partial charge in [-0.25, -0.2) is 4.98 Å². The second kappa shape index (κ2) is 12.5. The molecule has 0 saturated carbocycles. The van der Waals surface area contributed by atoms with Crippen LogP contribution in [-0.4, -0.2) is 47.1 Å². The highest BCUT2D eigenvalue weighted by atomic mass is 19.4. The Hall–Kier alpha value is -4.28. The minimum atomic E-state index is -4.52. The van der Waals surface area contributed by atoms with Crippen LogP contribution < -0.4 is 10.6 Å². The van der Waals surface area contributed by atoms with Crippen LogP contribution in [0.15, 0.2) is 85.2 Å². The molecule has 2 heterocycles. The van der Waals surface area contributed by atoms with Crippen molar-refractivity contribution < 1.29 is 22.7 Å². The first-order valence-corrected chi connectivity index (χ1v) is 13.3. The topological polar surface area (TPSA) is 79.4 Å². The van der Waals surface area contributed by atoms with Gasteiger partial charge in [0.2, 0.25) is 0 Å². The van der Waals surface area contributed by atoms with Crippen LogP contribution in [0, 0.1) is 0 Å². The molecule has 1 saturated heterocycles. The first kappa shape index (κ1) is 28.3. The third-order valence-corrected chi connectivity index (χ3v) is 6.86. The van der Waals surface area contributed by atoms with E-state index in [4.69, 9.17) is 9.72 Å². The summed E-state index contributed by atoms with van der Waals surface area (Å²) in [6, 6.07) is 19.6. The molecule has 1 amide bonds. The molecule has 0 aliphatic carbocycles. The van der Waals surface area contributed by atoms with Gasteiger partial charge in [-0.3, -0.25) is 14.7 Å². The van der Waals surface area contributed by atoms with Crippen molar-refractivity contribution in [3.05, 3.63) is 107 Å². The number of rotatable bonds is 8. The molecule has 41 heavy (non-hydrogen) atoms. The SMILES string of the molecule is CC(Nc1cncc(-c2ccc(CN3CCOCC3)cc2)n1)c1cccc(NC(=O)c2cccc(C(F)(F)F)c2)c1. The second-order valence-corrected chi connectivity index (χ2v) is 9.90. The molecule has 10 heteroatoms. The number of benzene rings is 3. The predicted molar refractivity (Wildman–Crippen MR) is 151 cm³/mol. The Morgan fingerprint density at radius 3 is 2.51 bits per heavy atom. The summed E-state index contributed by atoms with van der Waals surface area (Å²) in [7, 11) is 0. The summed E-state index contributed by atoms with van der Waals surface area (Å²) in [5, 5.41) is 6.03. The first-order chi connectivity index (χ1) is 19.7. The number of halogens is 3. The number of hydrogen-bond acceptors (Lipinski definition) is 6. The van der Waals surface area contributed by atoms with E-state index in [2.05, 4.69) is 32.7 Å². The number of nitrogens with zero attached hydrogens (tertiary/aromatic N) is 3. The Morgan fingerprint density at radius 1 is 1.00 bits per heavy atom. The number of hydrogen-bond donors (Lipinski definition) is 2. The molecule has 1 fully saturated rings. The molecule has 1 unspecified atom stereocenters. The average molecular weight is 562 g/mol. The summed E-state index contributed by atoms with van der Waals surface area (Å²) < 4.78 is 44.5. The van der Waals surface area contributed by atoms with Crippen molar-refractivity contribution in [3.8, 4) is 11.3 Å². The summed E-state index contributed by atoms with van der Waals surface area (Å²) in [6.07, 6.45) is -1.16. The molecule has 7 nitrogen and oxygen atoms in total. The summed E-state index contributed by atoms with van der Waals surface area (Å²) in [5.41, 5.74) is 3.30. The minimum absolute atomic E-state index is 0.0716. The molecule has 0 radical (unpaired) electrons. The molecule has 212 valence electrons. The van der Waals surface area contributed by atoms with Gasteiger partial charge in [-0.1, -0.05) is 42.5 Å². The Bertz CT molecular complexity index is 1490. The summed E-state index contributed by atoms with van der Waals surface area (Å²) in [4.78, 5) is 24.1. The molecule has 0 spiro atoms. The standard InChI is InChI=1S/C31H30F3N5O2/c1-21(24-4-3-7-27(17-24)37-30(40)25-5-2-6-26(16-25)31(32,33)34)36-29-19-35-18-28(38-29)23-10-8-22(9-11-23)20-39-12-14-41-15-13-39/h2-11,16-19,21H,12-15,20H2,1H3,(H,36,38)(H,37,40). The number of anilines is 2. The van der Waals surface area contributed by atoms with Crippen LogP contribution in [0.2, 0.25) is 0 Å². The predicted octanol–water partition coefficient (Wildman–Crippen LogP) is 6.42. The van der Waals surface area contributed by atoms with Crippen molar-refractivity contribution in [2.24, 2.45) is 0 Å². The van der Waals surface area contributed by atoms with Crippen LogP contribution in [0.1, 0.15) is 40.0 Å². The lowest BCUT2D eigenvalue weighted by Gasteiger charge is -2.26.